The summed E-state index contributed by atoms with van der Waals surface area (Å²) in [6.45, 7) is 1.72. The molecule has 2 amide bonds. The van der Waals surface area contributed by atoms with E-state index >= 15 is 0 Å². The fourth-order valence-electron chi connectivity index (χ4n) is 7.90. The van der Waals surface area contributed by atoms with Gasteiger partial charge in [0.1, 0.15) is 11.6 Å². The second-order valence-electron chi connectivity index (χ2n) is 14.4. The van der Waals surface area contributed by atoms with Crippen LogP contribution in [0.15, 0.2) is 54.7 Å². The van der Waals surface area contributed by atoms with Crippen LogP contribution in [-0.2, 0) is 35.3 Å². The molecule has 2 aliphatic heterocycles. The van der Waals surface area contributed by atoms with E-state index in [0.29, 0.717) is 68.2 Å². The predicted molar refractivity (Wildman–Crippen MR) is 208 cm³/mol. The third-order valence-electron chi connectivity index (χ3n) is 10.7. The Morgan fingerprint density at radius 2 is 1.57 bits per heavy atom. The van der Waals surface area contributed by atoms with Gasteiger partial charge in [0.15, 0.2) is 0 Å². The zero-order valence-electron chi connectivity index (χ0n) is 31.2. The van der Waals surface area contributed by atoms with Crippen LogP contribution in [0.25, 0.3) is 22.4 Å². The Hall–Kier alpha value is -4.92. The van der Waals surface area contributed by atoms with Crippen molar-refractivity contribution in [3.05, 3.63) is 87.6 Å². The summed E-state index contributed by atoms with van der Waals surface area (Å²) in [6.07, 6.45) is 1.54. The summed E-state index contributed by atoms with van der Waals surface area (Å²) in [5.41, 5.74) is 5.20. The van der Waals surface area contributed by atoms with Crippen LogP contribution in [-0.4, -0.2) is 61.2 Å². The highest BCUT2D eigenvalue weighted by Gasteiger charge is 2.37. The molecule has 7 rings (SSSR count). The normalized spacial score (nSPS) is 19.4. The van der Waals surface area contributed by atoms with Crippen LogP contribution in [0.3, 0.4) is 0 Å². The molecule has 0 saturated carbocycles. The predicted octanol–water partition coefficient (Wildman–Crippen LogP) is 6.73. The number of hydrogen-bond acceptors (Lipinski definition) is 9. The van der Waals surface area contributed by atoms with Crippen molar-refractivity contribution >= 4 is 29.2 Å². The number of amides is 2. The Labute approximate surface area is 328 Å². The van der Waals surface area contributed by atoms with Crippen molar-refractivity contribution in [2.24, 2.45) is 0 Å². The summed E-state index contributed by atoms with van der Waals surface area (Å²) in [4.78, 5) is 32.1. The van der Waals surface area contributed by atoms with Gasteiger partial charge in [0.05, 0.1) is 36.5 Å². The van der Waals surface area contributed by atoms with Crippen molar-refractivity contribution in [2.45, 2.75) is 82.3 Å². The minimum absolute atomic E-state index is 0.0307. The van der Waals surface area contributed by atoms with E-state index in [4.69, 9.17) is 21.1 Å². The van der Waals surface area contributed by atoms with Crippen molar-refractivity contribution < 1.29 is 32.2 Å². The highest BCUT2D eigenvalue weighted by molar-refractivity contribution is 6.35. The summed E-state index contributed by atoms with van der Waals surface area (Å²) >= 11 is 7.15. The van der Waals surface area contributed by atoms with Crippen molar-refractivity contribution in [2.75, 3.05) is 32.6 Å². The lowest BCUT2D eigenvalue weighted by atomic mass is 9.83. The molecule has 56 heavy (non-hydrogen) atoms. The standard InChI is InChI=1S/C41H45ClF3N7O4/c1-55-34-18-23(9-10-24(34)19-46-21-26-11-13-35(53)49-26)38-37(42)31(15-16-48-38)29-5-3-7-30-28(29)6-4-8-33(30)51-39-32(41(43,44)45)17-25(40(52-39)56-2)20-47-22-27-12-14-36(54)50-27/h3,5,7,9-10,15-18,26-27,33,46-47H,4,6,8,11-14,19-22H2,1-2H3,(H,49,53)(H,50,54)(H,51,52)/t26-,27+,33-/m1/s1. The second kappa shape index (κ2) is 17.1. The number of nitrogens with zero attached hydrogens (tertiary/aromatic N) is 2. The number of fused-ring (bicyclic) bond motifs is 1. The van der Waals surface area contributed by atoms with E-state index in [2.05, 4.69) is 36.6 Å². The number of ether oxygens (including phenoxy) is 2. The minimum Gasteiger partial charge on any atom is -0.496 e. The first-order chi connectivity index (χ1) is 27.0. The Morgan fingerprint density at radius 3 is 2.21 bits per heavy atom. The zero-order valence-corrected chi connectivity index (χ0v) is 32.0. The Morgan fingerprint density at radius 1 is 0.857 bits per heavy atom. The molecule has 11 nitrogen and oxygen atoms in total. The molecule has 2 aromatic carbocycles. The zero-order chi connectivity index (χ0) is 39.4. The molecule has 2 fully saturated rings. The van der Waals surface area contributed by atoms with Gasteiger partial charge < -0.3 is 36.1 Å². The molecule has 2 saturated heterocycles. The number of benzene rings is 2. The lowest BCUT2D eigenvalue weighted by molar-refractivity contribution is -0.137. The van der Waals surface area contributed by atoms with E-state index in [-0.39, 0.29) is 47.7 Å². The van der Waals surface area contributed by atoms with Gasteiger partial charge in [0.25, 0.3) is 0 Å². The molecule has 1 aliphatic carbocycles. The Kier molecular flexibility index (Phi) is 12.0. The van der Waals surface area contributed by atoms with E-state index in [1.54, 1.807) is 13.3 Å². The number of halogens is 4. The van der Waals surface area contributed by atoms with Crippen molar-refractivity contribution in [1.82, 2.24) is 31.2 Å². The molecular formula is C41H45ClF3N7O4. The molecule has 4 aromatic rings. The van der Waals surface area contributed by atoms with E-state index in [1.165, 1.54) is 7.11 Å². The van der Waals surface area contributed by atoms with Crippen LogP contribution in [0.5, 0.6) is 11.6 Å². The molecule has 0 spiro atoms. The molecule has 15 heteroatoms. The van der Waals surface area contributed by atoms with Gasteiger partial charge in [-0.3, -0.25) is 14.6 Å². The number of nitrogens with one attached hydrogen (secondary N) is 5. The number of pyridine rings is 2. The van der Waals surface area contributed by atoms with Gasteiger partial charge >= 0.3 is 6.18 Å². The summed E-state index contributed by atoms with van der Waals surface area (Å²) in [6, 6.07) is 14.2. The molecule has 4 heterocycles. The minimum atomic E-state index is -4.68. The number of rotatable bonds is 14. The van der Waals surface area contributed by atoms with Gasteiger partial charge in [-0.05, 0) is 67.0 Å². The topological polar surface area (TPSA) is 139 Å². The average molecular weight is 792 g/mol. The van der Waals surface area contributed by atoms with E-state index in [0.717, 1.165) is 52.3 Å². The highest BCUT2D eigenvalue weighted by atomic mass is 35.5. The lowest BCUT2D eigenvalue weighted by Gasteiger charge is -2.30. The molecular weight excluding hydrogens is 747 g/mol. The van der Waals surface area contributed by atoms with E-state index < -0.39 is 17.8 Å². The number of anilines is 1. The molecule has 296 valence electrons. The van der Waals surface area contributed by atoms with Crippen LogP contribution < -0.4 is 36.1 Å². The van der Waals surface area contributed by atoms with Gasteiger partial charge in [0.2, 0.25) is 17.7 Å². The van der Waals surface area contributed by atoms with Crippen LogP contribution in [0.1, 0.15) is 72.4 Å². The SMILES string of the molecule is COc1cc(-c2nccc(-c3cccc4c3CCC[C@H]4Nc3nc(OC)c(CNC[C@@H]4CCC(=O)N4)cc3C(F)(F)F)c2Cl)ccc1CNC[C@H]1CCC(=O)N1. The molecule has 2 aromatic heterocycles. The highest BCUT2D eigenvalue weighted by Crippen LogP contribution is 2.44. The number of alkyl halides is 3. The molecule has 3 aliphatic rings. The third-order valence-corrected chi connectivity index (χ3v) is 11.1. The van der Waals surface area contributed by atoms with Gasteiger partial charge in [-0.2, -0.15) is 18.2 Å². The second-order valence-corrected chi connectivity index (χ2v) is 14.8. The fraction of sp³-hybridized carbons (Fsp3) is 0.415. The summed E-state index contributed by atoms with van der Waals surface area (Å²) in [5.74, 6) is 0.509. The number of aromatic nitrogens is 2. The Balaban J connectivity index is 1.12. The first-order valence-electron chi connectivity index (χ1n) is 18.9. The van der Waals surface area contributed by atoms with Crippen molar-refractivity contribution in [1.29, 1.82) is 0 Å². The van der Waals surface area contributed by atoms with Gasteiger partial charge in [0, 0.05) is 79.6 Å². The molecule has 5 N–H and O–H groups in total. The molecule has 0 radical (unpaired) electrons. The number of methoxy groups -OCH3 is 2. The van der Waals surface area contributed by atoms with Crippen LogP contribution >= 0.6 is 11.6 Å². The maximum atomic E-state index is 14.6. The first-order valence-corrected chi connectivity index (χ1v) is 19.3. The number of hydrogen-bond donors (Lipinski definition) is 5. The van der Waals surface area contributed by atoms with E-state index in [1.807, 2.05) is 42.5 Å². The van der Waals surface area contributed by atoms with Gasteiger partial charge in [-0.15, -0.1) is 0 Å². The van der Waals surface area contributed by atoms with Crippen molar-refractivity contribution in [3.63, 3.8) is 0 Å². The first kappa shape index (κ1) is 39.3. The maximum absolute atomic E-state index is 14.6. The third kappa shape index (κ3) is 8.72. The average Bonchev–Trinajstić information content (AvgIpc) is 3.81. The van der Waals surface area contributed by atoms with Gasteiger partial charge in [-0.25, -0.2) is 0 Å². The number of carbonyl (C=O) groups excluding carboxylic acids is 2. The molecule has 3 atom stereocenters. The van der Waals surface area contributed by atoms with Crippen LogP contribution in [0.2, 0.25) is 5.02 Å². The van der Waals surface area contributed by atoms with Crippen molar-refractivity contribution in [3.8, 4) is 34.0 Å². The fourth-order valence-corrected chi connectivity index (χ4v) is 8.22. The largest absolute Gasteiger partial charge is 0.496 e. The van der Waals surface area contributed by atoms with E-state index in [9.17, 15) is 22.8 Å². The summed E-state index contributed by atoms with van der Waals surface area (Å²) in [5, 5.41) is 15.9. The Bertz CT molecular complexity index is 2100. The smallest absolute Gasteiger partial charge is 0.419 e. The summed E-state index contributed by atoms with van der Waals surface area (Å²) in [7, 11) is 3.00. The summed E-state index contributed by atoms with van der Waals surface area (Å²) < 4.78 is 55.0. The number of carbonyl (C=O) groups is 2. The van der Waals surface area contributed by atoms with Gasteiger partial charge in [-0.1, -0.05) is 41.9 Å². The quantitative estimate of drug-likeness (QED) is 0.0942. The van der Waals surface area contributed by atoms with Crippen LogP contribution in [0, 0.1) is 0 Å². The lowest BCUT2D eigenvalue weighted by Crippen LogP contribution is -2.35. The monoisotopic (exact) mass is 791 g/mol. The maximum Gasteiger partial charge on any atom is 0.419 e. The molecule has 0 bridgehead atoms. The molecule has 0 unspecified atom stereocenters. The van der Waals surface area contributed by atoms with Crippen LogP contribution in [0.4, 0.5) is 19.0 Å².